The second-order valence-electron chi connectivity index (χ2n) is 10.5. The molecule has 0 atom stereocenters. The van der Waals surface area contributed by atoms with Crippen LogP contribution in [0.1, 0.15) is 29.2 Å². The Morgan fingerprint density at radius 1 is 0.750 bits per heavy atom. The summed E-state index contributed by atoms with van der Waals surface area (Å²) in [5.41, 5.74) is 13.4. The summed E-state index contributed by atoms with van der Waals surface area (Å²) in [5, 5.41) is 12.0. The molecule has 0 N–H and O–H groups in total. The van der Waals surface area contributed by atoms with Crippen LogP contribution in [-0.2, 0) is 0 Å². The van der Waals surface area contributed by atoms with Crippen LogP contribution in [0.25, 0.3) is 38.6 Å². The van der Waals surface area contributed by atoms with Gasteiger partial charge in [0.15, 0.2) is 0 Å². The Balaban J connectivity index is 1.37. The molecular weight excluding hydrogens is 484 g/mol. The van der Waals surface area contributed by atoms with Crippen molar-refractivity contribution in [3.05, 3.63) is 150 Å². The van der Waals surface area contributed by atoms with E-state index < -0.39 is 0 Å². The number of rotatable bonds is 6. The number of fused-ring (bicyclic) bond motifs is 3. The van der Waals surface area contributed by atoms with Crippen molar-refractivity contribution in [2.75, 3.05) is 4.90 Å². The Kier molecular flexibility index (Phi) is 6.42. The molecule has 1 aliphatic carbocycles. The molecule has 5 aromatic carbocycles. The van der Waals surface area contributed by atoms with E-state index in [0.29, 0.717) is 5.56 Å². The van der Waals surface area contributed by atoms with Gasteiger partial charge in [-0.2, -0.15) is 5.26 Å². The molecule has 2 nitrogen and oxygen atoms in total. The van der Waals surface area contributed by atoms with Crippen LogP contribution in [0.15, 0.2) is 128 Å². The number of nitriles is 1. The zero-order valence-corrected chi connectivity index (χ0v) is 23.1. The van der Waals surface area contributed by atoms with Crippen LogP contribution in [0.3, 0.4) is 0 Å². The maximum absolute atomic E-state index is 9.49. The molecule has 0 fully saturated rings. The number of hydrogen-bond donors (Lipinski definition) is 0. The summed E-state index contributed by atoms with van der Waals surface area (Å²) in [6.45, 7) is 10.8. The molecule has 0 spiro atoms. The second kappa shape index (κ2) is 10.2. The minimum atomic E-state index is 0.636. The fraction of sp³-hybridized carbons (Fsp3) is 0.0789. The summed E-state index contributed by atoms with van der Waals surface area (Å²) >= 11 is 0. The van der Waals surface area contributed by atoms with Crippen molar-refractivity contribution in [1.82, 2.24) is 0 Å². The Morgan fingerprint density at radius 2 is 1.48 bits per heavy atom. The lowest BCUT2D eigenvalue weighted by molar-refractivity contribution is 1.15. The van der Waals surface area contributed by atoms with Gasteiger partial charge in [0.1, 0.15) is 0 Å². The smallest absolute Gasteiger partial charge is 0.0992 e. The number of anilines is 2. The molecule has 0 saturated carbocycles. The molecule has 0 aromatic heterocycles. The predicted molar refractivity (Wildman–Crippen MR) is 170 cm³/mol. The minimum absolute atomic E-state index is 0.636. The van der Waals surface area contributed by atoms with Gasteiger partial charge in [-0.1, -0.05) is 85.5 Å². The maximum Gasteiger partial charge on any atom is 0.0992 e. The van der Waals surface area contributed by atoms with Gasteiger partial charge >= 0.3 is 0 Å². The largest absolute Gasteiger partial charge is 0.314 e. The minimum Gasteiger partial charge on any atom is -0.314 e. The fourth-order valence-corrected chi connectivity index (χ4v) is 5.80. The Bertz CT molecular complexity index is 1910. The molecular formula is C38H30N2. The van der Waals surface area contributed by atoms with Crippen LogP contribution < -0.4 is 4.90 Å². The molecule has 1 aliphatic rings. The molecule has 0 saturated heterocycles. The van der Waals surface area contributed by atoms with E-state index in [1.165, 1.54) is 44.2 Å². The van der Waals surface area contributed by atoms with Gasteiger partial charge in [0, 0.05) is 17.1 Å². The normalized spacial score (nSPS) is 12.0. The number of allylic oxidation sites excluding steroid dienone is 5. The molecule has 0 bridgehead atoms. The van der Waals surface area contributed by atoms with E-state index >= 15 is 0 Å². The van der Waals surface area contributed by atoms with Gasteiger partial charge < -0.3 is 4.90 Å². The van der Waals surface area contributed by atoms with Crippen LogP contribution in [0.4, 0.5) is 11.4 Å². The van der Waals surface area contributed by atoms with Crippen LogP contribution in [0, 0.1) is 25.2 Å². The lowest BCUT2D eigenvalue weighted by Gasteiger charge is -2.26. The molecule has 0 heterocycles. The van der Waals surface area contributed by atoms with Gasteiger partial charge in [-0.15, -0.1) is 0 Å². The molecule has 40 heavy (non-hydrogen) atoms. The molecule has 6 rings (SSSR count). The van der Waals surface area contributed by atoms with Crippen molar-refractivity contribution in [3.63, 3.8) is 0 Å². The lowest BCUT2D eigenvalue weighted by Crippen LogP contribution is -2.14. The highest BCUT2D eigenvalue weighted by Crippen LogP contribution is 2.49. The predicted octanol–water partition coefficient (Wildman–Crippen LogP) is 10.3. The Morgan fingerprint density at radius 3 is 2.23 bits per heavy atom. The number of hydrogen-bond acceptors (Lipinski definition) is 2. The van der Waals surface area contributed by atoms with Crippen molar-refractivity contribution >= 4 is 27.7 Å². The van der Waals surface area contributed by atoms with Crippen LogP contribution in [-0.4, -0.2) is 0 Å². The lowest BCUT2D eigenvalue weighted by atomic mass is 9.93. The Labute approximate surface area is 236 Å². The average molecular weight is 515 g/mol. The molecule has 192 valence electrons. The van der Waals surface area contributed by atoms with Crippen LogP contribution in [0.2, 0.25) is 0 Å². The summed E-state index contributed by atoms with van der Waals surface area (Å²) in [5.74, 6) is 0. The highest BCUT2D eigenvalue weighted by molar-refractivity contribution is 6.18. The first-order chi connectivity index (χ1) is 19.4. The van der Waals surface area contributed by atoms with Gasteiger partial charge in [0.2, 0.25) is 0 Å². The Hall–Kier alpha value is -5.13. The standard InChI is InChI=1S/C38H30N2/c1-25-10-7-14-30(20-25)40(31-15-9-13-29(23-31)24-39)28(4)12-8-11-27(3)32-18-19-35-33-16-5-6-17-34(33)37-22-26(2)21-36(32)38(35)37/h5-23H,3H2,1-2,4H3/b11-8-,28-12+. The van der Waals surface area contributed by atoms with Gasteiger partial charge in [0.25, 0.3) is 0 Å². The zero-order valence-electron chi connectivity index (χ0n) is 23.1. The van der Waals surface area contributed by atoms with E-state index in [9.17, 15) is 5.26 Å². The van der Waals surface area contributed by atoms with Crippen molar-refractivity contribution in [2.45, 2.75) is 20.8 Å². The van der Waals surface area contributed by atoms with Crippen molar-refractivity contribution in [3.8, 4) is 28.3 Å². The number of aryl methyl sites for hydroxylation is 2. The topological polar surface area (TPSA) is 27.0 Å². The summed E-state index contributed by atoms with van der Waals surface area (Å²) in [7, 11) is 0. The molecule has 5 aromatic rings. The van der Waals surface area contributed by atoms with E-state index in [4.69, 9.17) is 0 Å². The van der Waals surface area contributed by atoms with Gasteiger partial charge in [-0.3, -0.25) is 0 Å². The molecule has 0 unspecified atom stereocenters. The first kappa shape index (κ1) is 25.2. The summed E-state index contributed by atoms with van der Waals surface area (Å²) in [6, 6.07) is 36.1. The van der Waals surface area contributed by atoms with Gasteiger partial charge in [-0.05, 0) is 112 Å². The summed E-state index contributed by atoms with van der Waals surface area (Å²) < 4.78 is 0. The van der Waals surface area contributed by atoms with Crippen LogP contribution in [0.5, 0.6) is 0 Å². The zero-order chi connectivity index (χ0) is 27.8. The van der Waals surface area contributed by atoms with Gasteiger partial charge in [-0.25, -0.2) is 0 Å². The summed E-state index contributed by atoms with van der Waals surface area (Å²) in [4.78, 5) is 2.18. The van der Waals surface area contributed by atoms with Crippen LogP contribution >= 0.6 is 0 Å². The van der Waals surface area contributed by atoms with Crippen molar-refractivity contribution in [1.29, 1.82) is 5.26 Å². The van der Waals surface area contributed by atoms with E-state index in [-0.39, 0.29) is 0 Å². The number of nitrogens with zero attached hydrogens (tertiary/aromatic N) is 2. The van der Waals surface area contributed by atoms with E-state index in [1.807, 2.05) is 24.3 Å². The number of benzene rings is 5. The van der Waals surface area contributed by atoms with Crippen molar-refractivity contribution < 1.29 is 0 Å². The third-order valence-electron chi connectivity index (χ3n) is 7.59. The molecule has 0 amide bonds. The maximum atomic E-state index is 9.49. The second-order valence-corrected chi connectivity index (χ2v) is 10.5. The molecule has 0 aliphatic heterocycles. The first-order valence-electron chi connectivity index (χ1n) is 13.5. The SMILES string of the molecule is C=C(/C=C\C=C(/C)N(c1cccc(C)c1)c1cccc(C#N)c1)c1ccc2c3c(cc(C)cc13)-c1ccccc1-2. The highest BCUT2D eigenvalue weighted by atomic mass is 15.1. The van der Waals surface area contributed by atoms with E-state index in [0.717, 1.165) is 28.2 Å². The highest BCUT2D eigenvalue weighted by Gasteiger charge is 2.22. The fourth-order valence-electron chi connectivity index (χ4n) is 5.80. The quantitative estimate of drug-likeness (QED) is 0.207. The monoisotopic (exact) mass is 514 g/mol. The van der Waals surface area contributed by atoms with Crippen molar-refractivity contribution in [2.24, 2.45) is 0 Å². The third kappa shape index (κ3) is 4.42. The van der Waals surface area contributed by atoms with Gasteiger partial charge in [0.05, 0.1) is 11.6 Å². The summed E-state index contributed by atoms with van der Waals surface area (Å²) in [6.07, 6.45) is 6.26. The molecule has 0 radical (unpaired) electrons. The first-order valence-corrected chi connectivity index (χ1v) is 13.5. The van der Waals surface area contributed by atoms with E-state index in [2.05, 4.69) is 129 Å². The average Bonchev–Trinajstić information content (AvgIpc) is 3.28. The third-order valence-corrected chi connectivity index (χ3v) is 7.59. The molecule has 2 heteroatoms. The van der Waals surface area contributed by atoms with E-state index in [1.54, 1.807) is 0 Å².